The third-order valence-corrected chi connectivity index (χ3v) is 3.32. The van der Waals surface area contributed by atoms with E-state index in [-0.39, 0.29) is 17.4 Å². The molecule has 0 atom stereocenters. The average molecular weight is 314 g/mol. The fourth-order valence-electron chi connectivity index (χ4n) is 2.14. The van der Waals surface area contributed by atoms with Crippen molar-refractivity contribution in [3.8, 4) is 11.3 Å². The van der Waals surface area contributed by atoms with E-state index in [0.29, 0.717) is 24.3 Å². The number of hydrogen-bond donors (Lipinski definition) is 1. The molecule has 6 heteroatoms. The highest BCUT2D eigenvalue weighted by Crippen LogP contribution is 2.20. The normalized spacial score (nSPS) is 10.7. The van der Waals surface area contributed by atoms with Crippen molar-refractivity contribution in [2.24, 2.45) is 0 Å². The Kier molecular flexibility index (Phi) is 4.23. The monoisotopic (exact) mass is 314 g/mol. The summed E-state index contributed by atoms with van der Waals surface area (Å²) >= 11 is 0. The van der Waals surface area contributed by atoms with Crippen LogP contribution in [0.4, 0.5) is 4.39 Å². The van der Waals surface area contributed by atoms with E-state index in [4.69, 9.17) is 8.94 Å². The Labute approximate surface area is 132 Å². The minimum Gasteiger partial charge on any atom is -0.466 e. The first-order chi connectivity index (χ1) is 11.1. The van der Waals surface area contributed by atoms with Crippen LogP contribution in [0.5, 0.6) is 0 Å². The summed E-state index contributed by atoms with van der Waals surface area (Å²) < 4.78 is 23.5. The molecule has 0 aliphatic rings. The van der Waals surface area contributed by atoms with Gasteiger partial charge in [0.15, 0.2) is 11.5 Å². The lowest BCUT2D eigenvalue weighted by Gasteiger charge is -2.00. The van der Waals surface area contributed by atoms with E-state index < -0.39 is 0 Å². The van der Waals surface area contributed by atoms with Gasteiger partial charge in [0, 0.05) is 24.6 Å². The van der Waals surface area contributed by atoms with Gasteiger partial charge in [0.05, 0.1) is 0 Å². The minimum atomic E-state index is -0.334. The Bertz CT molecular complexity index is 805. The van der Waals surface area contributed by atoms with E-state index in [1.165, 1.54) is 18.2 Å². The summed E-state index contributed by atoms with van der Waals surface area (Å²) in [5.41, 5.74) is 0.837. The second kappa shape index (κ2) is 6.48. The van der Waals surface area contributed by atoms with Crippen molar-refractivity contribution in [3.63, 3.8) is 0 Å². The highest BCUT2D eigenvalue weighted by atomic mass is 19.1. The van der Waals surface area contributed by atoms with Crippen LogP contribution in [0.2, 0.25) is 0 Å². The zero-order chi connectivity index (χ0) is 16.2. The average Bonchev–Trinajstić information content (AvgIpc) is 3.17. The maximum atomic E-state index is 12.9. The molecule has 118 valence electrons. The maximum Gasteiger partial charge on any atom is 0.273 e. The van der Waals surface area contributed by atoms with Gasteiger partial charge in [-0.05, 0) is 43.3 Å². The Morgan fingerprint density at radius 1 is 1.22 bits per heavy atom. The fraction of sp³-hybridized carbons (Fsp3) is 0.176. The van der Waals surface area contributed by atoms with E-state index in [0.717, 1.165) is 11.5 Å². The molecule has 3 rings (SSSR count). The molecule has 0 spiro atoms. The predicted molar refractivity (Wildman–Crippen MR) is 81.4 cm³/mol. The summed E-state index contributed by atoms with van der Waals surface area (Å²) in [6, 6.07) is 11.1. The second-order valence-electron chi connectivity index (χ2n) is 5.10. The first-order valence-corrected chi connectivity index (χ1v) is 7.18. The number of nitrogens with one attached hydrogen (secondary N) is 1. The molecule has 23 heavy (non-hydrogen) atoms. The summed E-state index contributed by atoms with van der Waals surface area (Å²) in [5.74, 6) is 1.41. The van der Waals surface area contributed by atoms with Crippen LogP contribution in [0.15, 0.2) is 51.4 Å². The zero-order valence-corrected chi connectivity index (χ0v) is 12.5. The molecule has 2 aromatic heterocycles. The zero-order valence-electron chi connectivity index (χ0n) is 12.5. The molecule has 1 amide bonds. The fourth-order valence-corrected chi connectivity index (χ4v) is 2.14. The van der Waals surface area contributed by atoms with Crippen LogP contribution in [0.1, 0.15) is 22.0 Å². The highest BCUT2D eigenvalue weighted by Gasteiger charge is 2.13. The van der Waals surface area contributed by atoms with Gasteiger partial charge in [-0.15, -0.1) is 0 Å². The van der Waals surface area contributed by atoms with Crippen molar-refractivity contribution in [2.45, 2.75) is 13.3 Å². The lowest BCUT2D eigenvalue weighted by atomic mass is 10.1. The van der Waals surface area contributed by atoms with Crippen LogP contribution in [0.25, 0.3) is 11.3 Å². The lowest BCUT2D eigenvalue weighted by Crippen LogP contribution is -2.25. The number of furan rings is 1. The van der Waals surface area contributed by atoms with Crippen LogP contribution in [0.3, 0.4) is 0 Å². The number of amides is 1. The van der Waals surface area contributed by atoms with E-state index in [9.17, 15) is 9.18 Å². The standard InChI is InChI=1S/C17H15FN2O3/c1-11-2-7-14(22-11)8-9-19-17(21)15-10-16(23-20-15)12-3-5-13(18)6-4-12/h2-7,10H,8-9H2,1H3,(H,19,21). The van der Waals surface area contributed by atoms with E-state index in [1.54, 1.807) is 12.1 Å². The van der Waals surface area contributed by atoms with E-state index >= 15 is 0 Å². The molecule has 0 aliphatic heterocycles. The van der Waals surface area contributed by atoms with Gasteiger partial charge in [-0.2, -0.15) is 0 Å². The van der Waals surface area contributed by atoms with Crippen molar-refractivity contribution in [1.82, 2.24) is 10.5 Å². The van der Waals surface area contributed by atoms with Crippen LogP contribution in [0, 0.1) is 12.7 Å². The Balaban J connectivity index is 1.58. The van der Waals surface area contributed by atoms with Gasteiger partial charge in [-0.3, -0.25) is 4.79 Å². The topological polar surface area (TPSA) is 68.3 Å². The van der Waals surface area contributed by atoms with Gasteiger partial charge in [-0.1, -0.05) is 5.16 Å². The third kappa shape index (κ3) is 3.66. The Hall–Kier alpha value is -2.89. The molecular formula is C17H15FN2O3. The van der Waals surface area contributed by atoms with Crippen molar-refractivity contribution in [2.75, 3.05) is 6.54 Å². The summed E-state index contributed by atoms with van der Waals surface area (Å²) in [4.78, 5) is 12.0. The molecular weight excluding hydrogens is 299 g/mol. The first kappa shape index (κ1) is 15.0. The molecule has 0 aliphatic carbocycles. The van der Waals surface area contributed by atoms with Crippen molar-refractivity contribution in [3.05, 3.63) is 65.5 Å². The number of carbonyl (C=O) groups is 1. The Morgan fingerprint density at radius 2 is 2.00 bits per heavy atom. The number of halogens is 1. The molecule has 0 saturated heterocycles. The number of hydrogen-bond acceptors (Lipinski definition) is 4. The van der Waals surface area contributed by atoms with Crippen LogP contribution in [-0.2, 0) is 6.42 Å². The quantitative estimate of drug-likeness (QED) is 0.784. The number of benzene rings is 1. The molecule has 1 N–H and O–H groups in total. The molecule has 1 aromatic carbocycles. The smallest absolute Gasteiger partial charge is 0.273 e. The van der Waals surface area contributed by atoms with E-state index in [2.05, 4.69) is 10.5 Å². The van der Waals surface area contributed by atoms with Crippen molar-refractivity contribution in [1.29, 1.82) is 0 Å². The molecule has 2 heterocycles. The van der Waals surface area contributed by atoms with Crippen LogP contribution in [-0.4, -0.2) is 17.6 Å². The summed E-state index contributed by atoms with van der Waals surface area (Å²) in [5, 5.41) is 6.49. The molecule has 0 bridgehead atoms. The predicted octanol–water partition coefficient (Wildman–Crippen LogP) is 3.35. The van der Waals surface area contributed by atoms with Gasteiger partial charge in [0.1, 0.15) is 17.3 Å². The van der Waals surface area contributed by atoms with Crippen molar-refractivity contribution >= 4 is 5.91 Å². The molecule has 0 unspecified atom stereocenters. The van der Waals surface area contributed by atoms with Gasteiger partial charge < -0.3 is 14.3 Å². The first-order valence-electron chi connectivity index (χ1n) is 7.18. The SMILES string of the molecule is Cc1ccc(CCNC(=O)c2cc(-c3ccc(F)cc3)on2)o1. The molecule has 0 fully saturated rings. The number of rotatable bonds is 5. The van der Waals surface area contributed by atoms with Crippen molar-refractivity contribution < 1.29 is 18.1 Å². The molecule has 0 saturated carbocycles. The number of aromatic nitrogens is 1. The van der Waals surface area contributed by atoms with Gasteiger partial charge in [0.25, 0.3) is 5.91 Å². The number of aryl methyl sites for hydroxylation is 1. The molecule has 5 nitrogen and oxygen atoms in total. The number of nitrogens with zero attached hydrogens (tertiary/aromatic N) is 1. The largest absolute Gasteiger partial charge is 0.466 e. The lowest BCUT2D eigenvalue weighted by molar-refractivity contribution is 0.0944. The highest BCUT2D eigenvalue weighted by molar-refractivity contribution is 5.93. The summed E-state index contributed by atoms with van der Waals surface area (Å²) in [6.07, 6.45) is 0.599. The summed E-state index contributed by atoms with van der Waals surface area (Å²) in [7, 11) is 0. The number of carbonyl (C=O) groups excluding carboxylic acids is 1. The molecule has 3 aromatic rings. The van der Waals surface area contributed by atoms with E-state index in [1.807, 2.05) is 19.1 Å². The Morgan fingerprint density at radius 3 is 2.70 bits per heavy atom. The van der Waals surface area contributed by atoms with Gasteiger partial charge >= 0.3 is 0 Å². The minimum absolute atomic E-state index is 0.181. The van der Waals surface area contributed by atoms with Gasteiger partial charge in [0.2, 0.25) is 0 Å². The van der Waals surface area contributed by atoms with Crippen LogP contribution < -0.4 is 5.32 Å². The van der Waals surface area contributed by atoms with Crippen LogP contribution >= 0.6 is 0 Å². The summed E-state index contributed by atoms with van der Waals surface area (Å²) in [6.45, 7) is 2.30. The van der Waals surface area contributed by atoms with Gasteiger partial charge in [-0.25, -0.2) is 4.39 Å². The second-order valence-corrected chi connectivity index (χ2v) is 5.10. The maximum absolute atomic E-state index is 12.9. The third-order valence-electron chi connectivity index (χ3n) is 3.32. The molecule has 0 radical (unpaired) electrons.